The van der Waals surface area contributed by atoms with Crippen molar-refractivity contribution in [3.8, 4) is 0 Å². The molecule has 0 aliphatic rings. The molecule has 0 aromatic heterocycles. The van der Waals surface area contributed by atoms with Crippen LogP contribution in [-0.2, 0) is 16.3 Å². The average Bonchev–Trinajstić information content (AvgIpc) is 2.51. The first-order valence-corrected chi connectivity index (χ1v) is 10.1. The lowest BCUT2D eigenvalue weighted by Crippen LogP contribution is -2.40. The second-order valence-electron chi connectivity index (χ2n) is 5.00. The summed E-state index contributed by atoms with van der Waals surface area (Å²) in [7, 11) is -1.36. The smallest absolute Gasteiger partial charge is 0.191 e. The van der Waals surface area contributed by atoms with Gasteiger partial charge in [0.1, 0.15) is 5.82 Å². The fourth-order valence-electron chi connectivity index (χ4n) is 1.90. The second kappa shape index (κ2) is 9.87. The molecular weight excluding hydrogens is 385 g/mol. The van der Waals surface area contributed by atoms with Crippen molar-refractivity contribution in [2.45, 2.75) is 19.8 Å². The monoisotopic (exact) mass is 407 g/mol. The third kappa shape index (κ3) is 7.78. The summed E-state index contributed by atoms with van der Waals surface area (Å²) < 4.78 is 37.2. The first-order chi connectivity index (χ1) is 10.9. The third-order valence-corrected chi connectivity index (χ3v) is 5.50. The van der Waals surface area contributed by atoms with Crippen LogP contribution in [0.1, 0.15) is 18.9 Å². The molecule has 0 saturated heterocycles. The number of nitrogens with zero attached hydrogens (tertiary/aromatic N) is 1. The molecule has 8 heteroatoms. The van der Waals surface area contributed by atoms with Crippen molar-refractivity contribution in [2.24, 2.45) is 4.99 Å². The number of guanidine groups is 1. The highest BCUT2D eigenvalue weighted by Crippen LogP contribution is 2.16. The molecule has 0 amide bonds. The summed E-state index contributed by atoms with van der Waals surface area (Å²) in [6.45, 7) is 2.57. The summed E-state index contributed by atoms with van der Waals surface area (Å²) in [5.74, 6) is 0.549. The molecule has 0 bridgehead atoms. The van der Waals surface area contributed by atoms with E-state index in [0.717, 1.165) is 10.9 Å². The van der Waals surface area contributed by atoms with Gasteiger partial charge >= 0.3 is 0 Å². The minimum absolute atomic E-state index is 0.0777. The van der Waals surface area contributed by atoms with Crippen LogP contribution in [0.4, 0.5) is 4.39 Å². The fourth-order valence-corrected chi connectivity index (χ4v) is 2.93. The third-order valence-electron chi connectivity index (χ3n) is 3.30. The summed E-state index contributed by atoms with van der Waals surface area (Å²) >= 11 is 3.23. The Morgan fingerprint density at radius 1 is 1.30 bits per heavy atom. The maximum atomic E-state index is 13.7. The van der Waals surface area contributed by atoms with Crippen LogP contribution in [0.15, 0.2) is 27.7 Å². The van der Waals surface area contributed by atoms with Gasteiger partial charge in [-0.3, -0.25) is 4.99 Å². The molecule has 0 aliphatic carbocycles. The first-order valence-electron chi connectivity index (χ1n) is 7.47. The minimum Gasteiger partial charge on any atom is -0.356 e. The highest BCUT2D eigenvalue weighted by Gasteiger charge is 2.07. The normalized spacial score (nSPS) is 12.3. The van der Waals surface area contributed by atoms with Crippen molar-refractivity contribution >= 4 is 31.7 Å². The number of aliphatic imine (C=N–C) groups is 1. The Kier molecular flexibility index (Phi) is 8.54. The van der Waals surface area contributed by atoms with Gasteiger partial charge in [0.05, 0.1) is 5.75 Å². The van der Waals surface area contributed by atoms with E-state index in [1.807, 2.05) is 6.07 Å². The zero-order chi connectivity index (χ0) is 17.3. The Morgan fingerprint density at radius 3 is 2.61 bits per heavy atom. The molecule has 0 radical (unpaired) electrons. The number of halogens is 2. The van der Waals surface area contributed by atoms with E-state index in [4.69, 9.17) is 0 Å². The Morgan fingerprint density at radius 2 is 2.00 bits per heavy atom. The number of benzene rings is 1. The number of hydrogen-bond donors (Lipinski definition) is 2. The Balaban J connectivity index is 2.30. The van der Waals surface area contributed by atoms with Crippen molar-refractivity contribution < 1.29 is 12.8 Å². The van der Waals surface area contributed by atoms with Crippen LogP contribution in [0.2, 0.25) is 0 Å². The van der Waals surface area contributed by atoms with Gasteiger partial charge < -0.3 is 10.6 Å². The molecule has 0 aliphatic heterocycles. The van der Waals surface area contributed by atoms with Crippen LogP contribution in [-0.4, -0.2) is 46.0 Å². The molecule has 0 spiro atoms. The largest absolute Gasteiger partial charge is 0.356 e. The summed E-state index contributed by atoms with van der Waals surface area (Å²) in [5.41, 5.74) is 0.673. The molecule has 5 nitrogen and oxygen atoms in total. The highest BCUT2D eigenvalue weighted by molar-refractivity contribution is 9.10. The maximum absolute atomic E-state index is 13.7. The van der Waals surface area contributed by atoms with E-state index in [2.05, 4.69) is 31.6 Å². The Hall–Kier alpha value is -1.15. The van der Waals surface area contributed by atoms with Crippen LogP contribution in [0.3, 0.4) is 0 Å². The lowest BCUT2D eigenvalue weighted by atomic mass is 10.1. The summed E-state index contributed by atoms with van der Waals surface area (Å²) in [6, 6.07) is 5.04. The number of rotatable bonds is 8. The molecule has 23 heavy (non-hydrogen) atoms. The van der Waals surface area contributed by atoms with Gasteiger partial charge in [-0.1, -0.05) is 28.9 Å². The fraction of sp³-hybridized carbons (Fsp3) is 0.533. The number of nitrogens with one attached hydrogen (secondary N) is 2. The van der Waals surface area contributed by atoms with Crippen LogP contribution < -0.4 is 10.6 Å². The summed E-state index contributed by atoms with van der Waals surface area (Å²) in [6.07, 6.45) is 1.36. The lowest BCUT2D eigenvalue weighted by molar-refractivity contribution is 0.595. The van der Waals surface area contributed by atoms with Crippen LogP contribution in [0.25, 0.3) is 0 Å². The van der Waals surface area contributed by atoms with Gasteiger partial charge in [0, 0.05) is 30.4 Å². The molecule has 0 atom stereocenters. The van der Waals surface area contributed by atoms with Crippen LogP contribution in [0, 0.1) is 5.82 Å². The molecule has 130 valence electrons. The van der Waals surface area contributed by atoms with E-state index >= 15 is 0 Å². The van der Waals surface area contributed by atoms with Crippen molar-refractivity contribution in [3.63, 3.8) is 0 Å². The molecule has 1 aromatic rings. The predicted octanol–water partition coefficient (Wildman–Crippen LogP) is 2.12. The second-order valence-corrected chi connectivity index (χ2v) is 8.39. The Bertz CT molecular complexity index is 636. The average molecular weight is 408 g/mol. The van der Waals surface area contributed by atoms with Crippen LogP contribution >= 0.6 is 15.9 Å². The Labute approximate surface area is 145 Å². The van der Waals surface area contributed by atoms with E-state index < -0.39 is 9.84 Å². The predicted molar refractivity (Wildman–Crippen MR) is 96.1 cm³/mol. The number of sulfone groups is 1. The van der Waals surface area contributed by atoms with E-state index in [9.17, 15) is 12.8 Å². The number of aryl methyl sites for hydroxylation is 1. The maximum Gasteiger partial charge on any atom is 0.191 e. The minimum atomic E-state index is -2.98. The molecule has 0 unspecified atom stereocenters. The van der Waals surface area contributed by atoms with Crippen molar-refractivity contribution in [2.75, 3.05) is 31.6 Å². The molecule has 1 aromatic carbocycles. The zero-order valence-electron chi connectivity index (χ0n) is 13.4. The lowest BCUT2D eigenvalue weighted by Gasteiger charge is -2.12. The van der Waals surface area contributed by atoms with Crippen LogP contribution in [0.5, 0.6) is 0 Å². The van der Waals surface area contributed by atoms with E-state index in [0.29, 0.717) is 31.0 Å². The van der Waals surface area contributed by atoms with Crippen molar-refractivity contribution in [3.05, 3.63) is 34.1 Å². The van der Waals surface area contributed by atoms with Gasteiger partial charge in [-0.2, -0.15) is 0 Å². The quantitative estimate of drug-likeness (QED) is 0.393. The van der Waals surface area contributed by atoms with Crippen molar-refractivity contribution in [1.82, 2.24) is 10.6 Å². The molecule has 0 fully saturated rings. The number of hydrogen-bond acceptors (Lipinski definition) is 3. The van der Waals surface area contributed by atoms with Crippen molar-refractivity contribution in [1.29, 1.82) is 0 Å². The van der Waals surface area contributed by atoms with Gasteiger partial charge in [-0.25, -0.2) is 12.8 Å². The SMILES string of the molecule is CCS(=O)(=O)CCNC(=NC)NCCCc1ccc(Br)cc1F. The molecule has 0 heterocycles. The van der Waals surface area contributed by atoms with E-state index in [-0.39, 0.29) is 17.3 Å². The van der Waals surface area contributed by atoms with Gasteiger partial charge in [0.15, 0.2) is 15.8 Å². The van der Waals surface area contributed by atoms with E-state index in [1.54, 1.807) is 20.0 Å². The van der Waals surface area contributed by atoms with Gasteiger partial charge in [-0.15, -0.1) is 0 Å². The first kappa shape index (κ1) is 19.9. The van der Waals surface area contributed by atoms with Gasteiger partial charge in [0.25, 0.3) is 0 Å². The summed E-state index contributed by atoms with van der Waals surface area (Å²) in [5, 5.41) is 6.04. The molecular formula is C15H23BrFN3O2S. The highest BCUT2D eigenvalue weighted by atomic mass is 79.9. The standard InChI is InChI=1S/C15H23BrFN3O2S/c1-3-23(21,22)10-9-20-15(18-2)19-8-4-5-12-6-7-13(16)11-14(12)17/h6-7,11H,3-5,8-10H2,1-2H3,(H2,18,19,20). The molecule has 1 rings (SSSR count). The topological polar surface area (TPSA) is 70.6 Å². The van der Waals surface area contributed by atoms with Gasteiger partial charge in [0.2, 0.25) is 0 Å². The van der Waals surface area contributed by atoms with Gasteiger partial charge in [-0.05, 0) is 30.5 Å². The molecule has 0 saturated carbocycles. The zero-order valence-corrected chi connectivity index (χ0v) is 15.8. The van der Waals surface area contributed by atoms with E-state index in [1.165, 1.54) is 6.07 Å². The summed E-state index contributed by atoms with van der Waals surface area (Å²) in [4.78, 5) is 4.03. The molecule has 2 N–H and O–H groups in total.